The summed E-state index contributed by atoms with van der Waals surface area (Å²) < 4.78 is 3.05. The van der Waals surface area contributed by atoms with E-state index < -0.39 is 0 Å². The molecule has 0 aliphatic rings. The predicted molar refractivity (Wildman–Crippen MR) is 57.5 cm³/mol. The molecule has 0 N–H and O–H groups in total. The summed E-state index contributed by atoms with van der Waals surface area (Å²) in [7, 11) is 1.72. The van der Waals surface area contributed by atoms with E-state index in [1.807, 2.05) is 31.2 Å². The van der Waals surface area contributed by atoms with Gasteiger partial charge in [-0.2, -0.15) is 5.26 Å². The van der Waals surface area contributed by atoms with Crippen LogP contribution < -0.4 is 5.69 Å². The van der Waals surface area contributed by atoms with Crippen LogP contribution in [0, 0.1) is 18.3 Å². The summed E-state index contributed by atoms with van der Waals surface area (Å²) in [6.45, 7) is 2.07. The van der Waals surface area contributed by atoms with Gasteiger partial charge in [-0.15, -0.1) is 0 Å². The molecule has 2 rings (SSSR count). The molecule has 0 aliphatic carbocycles. The molecular weight excluding hydrogens is 190 g/mol. The summed E-state index contributed by atoms with van der Waals surface area (Å²) in [6.07, 6.45) is 0. The molecule has 0 saturated heterocycles. The Morgan fingerprint density at radius 3 is 2.80 bits per heavy atom. The first kappa shape index (κ1) is 9.53. The maximum absolute atomic E-state index is 11.8. The van der Waals surface area contributed by atoms with Gasteiger partial charge in [0.05, 0.1) is 17.1 Å². The van der Waals surface area contributed by atoms with Crippen LogP contribution in [0.15, 0.2) is 23.0 Å². The third-order valence-corrected chi connectivity index (χ3v) is 2.53. The molecule has 0 spiro atoms. The quantitative estimate of drug-likeness (QED) is 0.695. The number of hydrogen-bond acceptors (Lipinski definition) is 2. The number of nitrogens with zero attached hydrogens (tertiary/aromatic N) is 3. The first-order valence-electron chi connectivity index (χ1n) is 4.68. The van der Waals surface area contributed by atoms with Gasteiger partial charge in [0.1, 0.15) is 6.54 Å². The second-order valence-corrected chi connectivity index (χ2v) is 3.58. The van der Waals surface area contributed by atoms with Crippen LogP contribution in [-0.4, -0.2) is 9.13 Å². The largest absolute Gasteiger partial charge is 0.329 e. The Morgan fingerprint density at radius 2 is 2.13 bits per heavy atom. The molecule has 76 valence electrons. The van der Waals surface area contributed by atoms with Crippen LogP contribution in [0.4, 0.5) is 0 Å². The number of fused-ring (bicyclic) bond motifs is 1. The van der Waals surface area contributed by atoms with Gasteiger partial charge in [0.25, 0.3) is 0 Å². The maximum atomic E-state index is 11.8. The number of rotatable bonds is 1. The van der Waals surface area contributed by atoms with Gasteiger partial charge in [0, 0.05) is 7.05 Å². The number of hydrogen-bond donors (Lipinski definition) is 0. The van der Waals surface area contributed by atoms with Crippen molar-refractivity contribution in [3.05, 3.63) is 34.2 Å². The molecule has 0 radical (unpaired) electrons. The molecular formula is C11H11N3O. The van der Waals surface area contributed by atoms with Gasteiger partial charge in [-0.3, -0.25) is 9.13 Å². The highest BCUT2D eigenvalue weighted by Crippen LogP contribution is 2.13. The van der Waals surface area contributed by atoms with Gasteiger partial charge in [-0.05, 0) is 24.6 Å². The van der Waals surface area contributed by atoms with Crippen molar-refractivity contribution in [3.63, 3.8) is 0 Å². The SMILES string of the molecule is Cc1ccc2c(c1)n(C)c(=O)n2CC#N. The van der Waals surface area contributed by atoms with E-state index in [9.17, 15) is 4.79 Å². The lowest BCUT2D eigenvalue weighted by Crippen LogP contribution is -2.21. The molecule has 0 bridgehead atoms. The molecule has 0 amide bonds. The van der Waals surface area contributed by atoms with Gasteiger partial charge in [0.2, 0.25) is 0 Å². The van der Waals surface area contributed by atoms with Crippen LogP contribution in [0.5, 0.6) is 0 Å². The van der Waals surface area contributed by atoms with Crippen LogP contribution in [-0.2, 0) is 13.6 Å². The molecule has 4 heteroatoms. The monoisotopic (exact) mass is 201 g/mol. The van der Waals surface area contributed by atoms with Gasteiger partial charge in [-0.25, -0.2) is 4.79 Å². The third-order valence-electron chi connectivity index (χ3n) is 2.53. The number of benzene rings is 1. The average Bonchev–Trinajstić information content (AvgIpc) is 2.44. The van der Waals surface area contributed by atoms with E-state index in [0.717, 1.165) is 16.6 Å². The van der Waals surface area contributed by atoms with E-state index in [0.29, 0.717) is 0 Å². The van der Waals surface area contributed by atoms with Gasteiger partial charge >= 0.3 is 5.69 Å². The van der Waals surface area contributed by atoms with Crippen molar-refractivity contribution in [3.8, 4) is 6.07 Å². The second-order valence-electron chi connectivity index (χ2n) is 3.58. The summed E-state index contributed by atoms with van der Waals surface area (Å²) in [6, 6.07) is 7.76. The zero-order valence-corrected chi connectivity index (χ0v) is 8.69. The van der Waals surface area contributed by atoms with Gasteiger partial charge in [0.15, 0.2) is 0 Å². The van der Waals surface area contributed by atoms with Crippen LogP contribution in [0.1, 0.15) is 5.56 Å². The Bertz CT molecular complexity index is 613. The average molecular weight is 201 g/mol. The smallest absolute Gasteiger partial charge is 0.295 e. The van der Waals surface area contributed by atoms with Crippen molar-refractivity contribution >= 4 is 11.0 Å². The standard InChI is InChI=1S/C11H11N3O/c1-8-3-4-9-10(7-8)13(2)11(15)14(9)6-5-12/h3-4,7H,6H2,1-2H3. The Kier molecular flexibility index (Phi) is 2.09. The highest BCUT2D eigenvalue weighted by atomic mass is 16.1. The topological polar surface area (TPSA) is 50.7 Å². The van der Waals surface area contributed by atoms with Crippen LogP contribution in [0.25, 0.3) is 11.0 Å². The van der Waals surface area contributed by atoms with E-state index >= 15 is 0 Å². The molecule has 1 aromatic heterocycles. The Morgan fingerprint density at radius 1 is 1.40 bits per heavy atom. The van der Waals surface area contributed by atoms with Crippen molar-refractivity contribution in [2.75, 3.05) is 0 Å². The third kappa shape index (κ3) is 1.33. The van der Waals surface area contributed by atoms with E-state index in [2.05, 4.69) is 0 Å². The highest BCUT2D eigenvalue weighted by Gasteiger charge is 2.09. The van der Waals surface area contributed by atoms with Gasteiger partial charge in [-0.1, -0.05) is 6.07 Å². The number of aromatic nitrogens is 2. The van der Waals surface area contributed by atoms with E-state index in [1.165, 1.54) is 4.57 Å². The molecule has 2 aromatic rings. The highest BCUT2D eigenvalue weighted by molar-refractivity contribution is 5.76. The minimum absolute atomic E-state index is 0.0965. The van der Waals surface area contributed by atoms with E-state index in [4.69, 9.17) is 5.26 Å². The minimum atomic E-state index is -0.142. The predicted octanol–water partition coefficient (Wildman–Crippen LogP) is 1.17. The molecule has 1 aromatic carbocycles. The van der Waals surface area contributed by atoms with Crippen molar-refractivity contribution in [1.29, 1.82) is 5.26 Å². The Balaban J connectivity index is 2.89. The van der Waals surface area contributed by atoms with Gasteiger partial charge < -0.3 is 0 Å². The molecule has 15 heavy (non-hydrogen) atoms. The molecule has 0 unspecified atom stereocenters. The second kappa shape index (κ2) is 3.28. The summed E-state index contributed by atoms with van der Waals surface area (Å²) in [5, 5.41) is 8.65. The lowest BCUT2D eigenvalue weighted by atomic mass is 10.2. The first-order valence-corrected chi connectivity index (χ1v) is 4.68. The van der Waals surface area contributed by atoms with Crippen LogP contribution in [0.2, 0.25) is 0 Å². The number of imidazole rings is 1. The maximum Gasteiger partial charge on any atom is 0.329 e. The van der Waals surface area contributed by atoms with Crippen molar-refractivity contribution in [1.82, 2.24) is 9.13 Å². The van der Waals surface area contributed by atoms with Crippen molar-refractivity contribution < 1.29 is 0 Å². The molecule has 1 heterocycles. The number of nitriles is 1. The van der Waals surface area contributed by atoms with Crippen LogP contribution >= 0.6 is 0 Å². The molecule has 0 aliphatic heterocycles. The zero-order chi connectivity index (χ0) is 11.0. The zero-order valence-electron chi connectivity index (χ0n) is 8.69. The molecule has 0 atom stereocenters. The first-order chi connectivity index (χ1) is 7.15. The van der Waals surface area contributed by atoms with Crippen molar-refractivity contribution in [2.45, 2.75) is 13.5 Å². The number of aryl methyl sites for hydroxylation is 2. The lowest BCUT2D eigenvalue weighted by Gasteiger charge is -1.96. The minimum Gasteiger partial charge on any atom is -0.295 e. The molecule has 0 fully saturated rings. The normalized spacial score (nSPS) is 10.5. The molecule has 4 nitrogen and oxygen atoms in total. The summed E-state index contributed by atoms with van der Waals surface area (Å²) in [5.74, 6) is 0. The fourth-order valence-corrected chi connectivity index (χ4v) is 1.74. The van der Waals surface area contributed by atoms with E-state index in [-0.39, 0.29) is 12.2 Å². The fraction of sp³-hybridized carbons (Fsp3) is 0.273. The Labute approximate surface area is 87.0 Å². The lowest BCUT2D eigenvalue weighted by molar-refractivity contribution is 0.755. The van der Waals surface area contributed by atoms with E-state index in [1.54, 1.807) is 11.6 Å². The van der Waals surface area contributed by atoms with Crippen molar-refractivity contribution in [2.24, 2.45) is 7.05 Å². The van der Waals surface area contributed by atoms with Crippen LogP contribution in [0.3, 0.4) is 0 Å². The summed E-state index contributed by atoms with van der Waals surface area (Å²) in [4.78, 5) is 11.8. The molecule has 0 saturated carbocycles. The summed E-state index contributed by atoms with van der Waals surface area (Å²) in [5.41, 5.74) is 2.65. The Hall–Kier alpha value is -2.02. The summed E-state index contributed by atoms with van der Waals surface area (Å²) >= 11 is 0. The fourth-order valence-electron chi connectivity index (χ4n) is 1.74.